The first-order valence-corrected chi connectivity index (χ1v) is 11.6. The Morgan fingerprint density at radius 1 is 1.17 bits per heavy atom. The molecule has 2 aromatic heterocycles. The van der Waals surface area contributed by atoms with Gasteiger partial charge in [-0.25, -0.2) is 9.97 Å². The van der Waals surface area contributed by atoms with Gasteiger partial charge in [0.15, 0.2) is 10.3 Å². The summed E-state index contributed by atoms with van der Waals surface area (Å²) >= 11 is 15.1. The second-order valence-corrected chi connectivity index (χ2v) is 8.97. The van der Waals surface area contributed by atoms with Gasteiger partial charge in [-0.05, 0) is 31.2 Å². The first-order chi connectivity index (χ1) is 14.5. The zero-order valence-corrected chi connectivity index (χ0v) is 18.9. The summed E-state index contributed by atoms with van der Waals surface area (Å²) in [5.41, 5.74) is 3.57. The number of rotatable bonds is 6. The van der Waals surface area contributed by atoms with Crippen LogP contribution in [0, 0.1) is 6.92 Å². The number of thioether (sulfide) groups is 1. The van der Waals surface area contributed by atoms with Gasteiger partial charge in [-0.2, -0.15) is 0 Å². The van der Waals surface area contributed by atoms with Gasteiger partial charge in [0.05, 0.1) is 33.4 Å². The standard InChI is InChI=1S/C21H16Cl2N4OS2/c1-13-11-29-20(25-13)26-19(28)12-30-21-24-10-18(14-7-8-16(22)17(23)9-14)27(21)15-5-3-2-4-6-15/h2-11H,12H2,1H3,(H,25,26,28). The quantitative estimate of drug-likeness (QED) is 0.331. The maximum absolute atomic E-state index is 12.4. The van der Waals surface area contributed by atoms with Crippen LogP contribution in [0.25, 0.3) is 16.9 Å². The van der Waals surface area contributed by atoms with Gasteiger partial charge in [-0.15, -0.1) is 11.3 Å². The van der Waals surface area contributed by atoms with Crippen LogP contribution in [-0.4, -0.2) is 26.2 Å². The van der Waals surface area contributed by atoms with E-state index in [2.05, 4.69) is 15.3 Å². The fourth-order valence-corrected chi connectivity index (χ4v) is 4.61. The summed E-state index contributed by atoms with van der Waals surface area (Å²) in [5.74, 6) is 0.0802. The van der Waals surface area contributed by atoms with Crippen molar-refractivity contribution in [2.75, 3.05) is 11.1 Å². The summed E-state index contributed by atoms with van der Waals surface area (Å²) in [5, 5.41) is 6.99. The smallest absolute Gasteiger partial charge is 0.236 e. The number of amides is 1. The highest BCUT2D eigenvalue weighted by molar-refractivity contribution is 7.99. The molecule has 0 fully saturated rings. The SMILES string of the molecule is Cc1csc(NC(=O)CSc2ncc(-c3ccc(Cl)c(Cl)c3)n2-c2ccccc2)n1. The summed E-state index contributed by atoms with van der Waals surface area (Å²) < 4.78 is 2.01. The molecule has 30 heavy (non-hydrogen) atoms. The number of nitrogens with zero attached hydrogens (tertiary/aromatic N) is 3. The zero-order valence-electron chi connectivity index (χ0n) is 15.8. The van der Waals surface area contributed by atoms with Gasteiger partial charge < -0.3 is 5.32 Å². The minimum absolute atomic E-state index is 0.131. The highest BCUT2D eigenvalue weighted by atomic mass is 35.5. The van der Waals surface area contributed by atoms with Crippen molar-refractivity contribution in [3.63, 3.8) is 0 Å². The van der Waals surface area contributed by atoms with Crippen LogP contribution in [0.3, 0.4) is 0 Å². The minimum atomic E-state index is -0.131. The fourth-order valence-electron chi connectivity index (χ4n) is 2.82. The van der Waals surface area contributed by atoms with E-state index in [1.807, 2.05) is 59.3 Å². The van der Waals surface area contributed by atoms with Crippen molar-refractivity contribution in [2.24, 2.45) is 0 Å². The Bertz CT molecular complexity index is 1190. The summed E-state index contributed by atoms with van der Waals surface area (Å²) in [6.45, 7) is 1.89. The summed E-state index contributed by atoms with van der Waals surface area (Å²) in [6.07, 6.45) is 1.77. The van der Waals surface area contributed by atoms with E-state index in [1.165, 1.54) is 23.1 Å². The molecule has 4 rings (SSSR count). The molecule has 0 saturated heterocycles. The number of hydrogen-bond acceptors (Lipinski definition) is 5. The molecule has 0 unspecified atom stereocenters. The number of benzene rings is 2. The number of aromatic nitrogens is 3. The molecule has 9 heteroatoms. The normalized spacial score (nSPS) is 10.9. The monoisotopic (exact) mass is 474 g/mol. The number of aryl methyl sites for hydroxylation is 1. The molecule has 0 saturated carbocycles. The number of anilines is 1. The number of hydrogen-bond donors (Lipinski definition) is 1. The Morgan fingerprint density at radius 3 is 2.67 bits per heavy atom. The van der Waals surface area contributed by atoms with Crippen LogP contribution in [-0.2, 0) is 4.79 Å². The molecule has 0 aliphatic carbocycles. The van der Waals surface area contributed by atoms with Gasteiger partial charge in [-0.1, -0.05) is 59.2 Å². The van der Waals surface area contributed by atoms with Crippen LogP contribution in [0.1, 0.15) is 5.69 Å². The molecule has 4 aromatic rings. The van der Waals surface area contributed by atoms with Crippen LogP contribution in [0.5, 0.6) is 0 Å². The van der Waals surface area contributed by atoms with E-state index in [4.69, 9.17) is 23.2 Å². The number of nitrogens with one attached hydrogen (secondary N) is 1. The number of halogens is 2. The number of carbonyl (C=O) groups excluding carboxylic acids is 1. The fraction of sp³-hybridized carbons (Fsp3) is 0.0952. The molecule has 5 nitrogen and oxygen atoms in total. The first-order valence-electron chi connectivity index (χ1n) is 8.94. The Morgan fingerprint density at radius 2 is 1.97 bits per heavy atom. The Labute approximate surface area is 192 Å². The van der Waals surface area contributed by atoms with Gasteiger partial charge in [-0.3, -0.25) is 9.36 Å². The molecule has 1 N–H and O–H groups in total. The zero-order chi connectivity index (χ0) is 21.1. The lowest BCUT2D eigenvalue weighted by atomic mass is 10.1. The first kappa shape index (κ1) is 20.9. The van der Waals surface area contributed by atoms with Crippen LogP contribution >= 0.6 is 46.3 Å². The third kappa shape index (κ3) is 4.70. The number of para-hydroxylation sites is 1. The predicted octanol–water partition coefficient (Wildman–Crippen LogP) is 6.34. The van der Waals surface area contributed by atoms with Gasteiger partial charge in [0.1, 0.15) is 0 Å². The van der Waals surface area contributed by atoms with Crippen molar-refractivity contribution in [1.82, 2.24) is 14.5 Å². The van der Waals surface area contributed by atoms with E-state index in [0.29, 0.717) is 20.3 Å². The van der Waals surface area contributed by atoms with Crippen molar-refractivity contribution in [3.05, 3.63) is 75.8 Å². The average Bonchev–Trinajstić information content (AvgIpc) is 3.35. The topological polar surface area (TPSA) is 59.8 Å². The van der Waals surface area contributed by atoms with Crippen LogP contribution in [0.2, 0.25) is 10.0 Å². The van der Waals surface area contributed by atoms with Crippen molar-refractivity contribution < 1.29 is 4.79 Å². The largest absolute Gasteiger partial charge is 0.301 e. The molecular formula is C21H16Cl2N4OS2. The van der Waals surface area contributed by atoms with Crippen LogP contribution in [0.15, 0.2) is 65.3 Å². The Kier molecular flexibility index (Phi) is 6.43. The molecule has 0 spiro atoms. The molecule has 0 radical (unpaired) electrons. The van der Waals surface area contributed by atoms with Gasteiger partial charge in [0.25, 0.3) is 0 Å². The lowest BCUT2D eigenvalue weighted by Gasteiger charge is -2.12. The lowest BCUT2D eigenvalue weighted by Crippen LogP contribution is -2.14. The van der Waals surface area contributed by atoms with Gasteiger partial charge >= 0.3 is 0 Å². The van der Waals surface area contributed by atoms with E-state index in [0.717, 1.165) is 22.6 Å². The van der Waals surface area contributed by atoms with Crippen molar-refractivity contribution in [3.8, 4) is 16.9 Å². The van der Waals surface area contributed by atoms with Crippen LogP contribution < -0.4 is 5.32 Å². The van der Waals surface area contributed by atoms with Gasteiger partial charge in [0.2, 0.25) is 5.91 Å². The minimum Gasteiger partial charge on any atom is -0.301 e. The predicted molar refractivity (Wildman–Crippen MR) is 125 cm³/mol. The van der Waals surface area contributed by atoms with Crippen molar-refractivity contribution in [1.29, 1.82) is 0 Å². The highest BCUT2D eigenvalue weighted by Gasteiger charge is 2.16. The highest BCUT2D eigenvalue weighted by Crippen LogP contribution is 2.33. The summed E-state index contributed by atoms with van der Waals surface area (Å²) in [7, 11) is 0. The van der Waals surface area contributed by atoms with E-state index in [9.17, 15) is 4.79 Å². The van der Waals surface area contributed by atoms with Crippen LogP contribution in [0.4, 0.5) is 5.13 Å². The number of carbonyl (C=O) groups is 1. The summed E-state index contributed by atoms with van der Waals surface area (Å²) in [4.78, 5) is 21.2. The van der Waals surface area contributed by atoms with Crippen molar-refractivity contribution >= 4 is 57.3 Å². The average molecular weight is 475 g/mol. The molecule has 2 heterocycles. The Hall–Kier alpha value is -2.32. The second-order valence-electron chi connectivity index (χ2n) is 6.36. The van der Waals surface area contributed by atoms with E-state index in [1.54, 1.807) is 12.3 Å². The maximum atomic E-state index is 12.4. The molecule has 0 bridgehead atoms. The lowest BCUT2D eigenvalue weighted by molar-refractivity contribution is -0.113. The summed E-state index contributed by atoms with van der Waals surface area (Å²) in [6, 6.07) is 15.3. The molecule has 152 valence electrons. The van der Waals surface area contributed by atoms with E-state index >= 15 is 0 Å². The molecule has 0 atom stereocenters. The third-order valence-corrected chi connectivity index (χ3v) is 6.72. The van der Waals surface area contributed by atoms with E-state index < -0.39 is 0 Å². The number of thiazole rings is 1. The molecular weight excluding hydrogens is 459 g/mol. The van der Waals surface area contributed by atoms with Crippen molar-refractivity contribution in [2.45, 2.75) is 12.1 Å². The molecule has 0 aliphatic heterocycles. The number of imidazole rings is 1. The molecule has 0 aliphatic rings. The molecule has 1 amide bonds. The third-order valence-electron chi connectivity index (χ3n) is 4.16. The van der Waals surface area contributed by atoms with Gasteiger partial charge in [0, 0.05) is 16.6 Å². The Balaban J connectivity index is 1.62. The van der Waals surface area contributed by atoms with E-state index in [-0.39, 0.29) is 11.7 Å². The second kappa shape index (κ2) is 9.22. The maximum Gasteiger partial charge on any atom is 0.236 e. The molecule has 2 aromatic carbocycles.